The van der Waals surface area contributed by atoms with Crippen molar-refractivity contribution in [3.63, 3.8) is 0 Å². The Bertz CT molecular complexity index is 394. The topological polar surface area (TPSA) is 12.0 Å². The number of hydrogen-bond donors (Lipinski definition) is 1. The third-order valence-corrected chi connectivity index (χ3v) is 4.41. The molecular weight excluding hydrogens is 249 g/mol. The fraction of sp³-hybridized carbons (Fsp3) is 0.600. The first-order valence-electron chi connectivity index (χ1n) is 6.74. The number of nitrogens with one attached hydrogen (secondary N) is 1. The smallest absolute Gasteiger partial charge is 0.123 e. The van der Waals surface area contributed by atoms with Crippen LogP contribution >= 0.6 is 11.6 Å². The zero-order valence-electron chi connectivity index (χ0n) is 10.9. The molecule has 0 aromatic heterocycles. The van der Waals surface area contributed by atoms with Crippen molar-refractivity contribution >= 4 is 11.6 Å². The molecule has 0 bridgehead atoms. The maximum atomic E-state index is 13.3. The van der Waals surface area contributed by atoms with E-state index in [1.807, 2.05) is 7.05 Å². The van der Waals surface area contributed by atoms with Crippen LogP contribution in [0.3, 0.4) is 0 Å². The fourth-order valence-electron chi connectivity index (χ4n) is 3.18. The zero-order valence-corrected chi connectivity index (χ0v) is 11.7. The van der Waals surface area contributed by atoms with Crippen LogP contribution in [0.2, 0.25) is 5.02 Å². The maximum absolute atomic E-state index is 13.3. The summed E-state index contributed by atoms with van der Waals surface area (Å²) in [7, 11) is 1.99. The van der Waals surface area contributed by atoms with E-state index in [1.165, 1.54) is 38.2 Å². The third kappa shape index (κ3) is 3.24. The highest BCUT2D eigenvalue weighted by molar-refractivity contribution is 6.31. The van der Waals surface area contributed by atoms with E-state index in [2.05, 4.69) is 5.32 Å². The molecule has 1 N–H and O–H groups in total. The zero-order chi connectivity index (χ0) is 13.0. The lowest BCUT2D eigenvalue weighted by atomic mass is 9.70. The molecule has 0 spiro atoms. The molecule has 3 heteroatoms. The molecule has 18 heavy (non-hydrogen) atoms. The minimum Gasteiger partial charge on any atom is -0.319 e. The second kappa shape index (κ2) is 6.03. The van der Waals surface area contributed by atoms with Gasteiger partial charge in [-0.25, -0.2) is 4.39 Å². The standard InChI is InChI=1S/C15H21ClFN/c1-18-11-15(7-3-2-4-8-15)10-12-9-13(17)5-6-14(12)16/h5-6,9,18H,2-4,7-8,10-11H2,1H3. The Hall–Kier alpha value is -0.600. The van der Waals surface area contributed by atoms with Crippen LogP contribution in [0.15, 0.2) is 18.2 Å². The Morgan fingerprint density at radius 2 is 2.00 bits per heavy atom. The SMILES string of the molecule is CNCC1(Cc2cc(F)ccc2Cl)CCCCC1. The van der Waals surface area contributed by atoms with Crippen molar-refractivity contribution in [1.29, 1.82) is 0 Å². The summed E-state index contributed by atoms with van der Waals surface area (Å²) in [4.78, 5) is 0. The van der Waals surface area contributed by atoms with Gasteiger partial charge in [-0.05, 0) is 55.5 Å². The first-order chi connectivity index (χ1) is 8.65. The Morgan fingerprint density at radius 1 is 1.28 bits per heavy atom. The van der Waals surface area contributed by atoms with E-state index < -0.39 is 0 Å². The Kier molecular flexibility index (Phi) is 4.63. The van der Waals surface area contributed by atoms with Gasteiger partial charge in [0.2, 0.25) is 0 Å². The van der Waals surface area contributed by atoms with Gasteiger partial charge in [-0.2, -0.15) is 0 Å². The molecule has 0 amide bonds. The minimum absolute atomic E-state index is 0.190. The first kappa shape index (κ1) is 13.8. The quantitative estimate of drug-likeness (QED) is 0.864. The van der Waals surface area contributed by atoms with Gasteiger partial charge in [0.15, 0.2) is 0 Å². The highest BCUT2D eigenvalue weighted by atomic mass is 35.5. The summed E-state index contributed by atoms with van der Waals surface area (Å²) in [6.07, 6.45) is 7.16. The summed E-state index contributed by atoms with van der Waals surface area (Å²) < 4.78 is 13.3. The summed E-state index contributed by atoms with van der Waals surface area (Å²) in [5.41, 5.74) is 1.21. The van der Waals surface area contributed by atoms with Gasteiger partial charge in [0.1, 0.15) is 5.82 Å². The predicted molar refractivity (Wildman–Crippen MR) is 74.6 cm³/mol. The van der Waals surface area contributed by atoms with Crippen LogP contribution in [0.1, 0.15) is 37.7 Å². The largest absolute Gasteiger partial charge is 0.319 e. The number of hydrogen-bond acceptors (Lipinski definition) is 1. The average molecular weight is 270 g/mol. The molecule has 0 unspecified atom stereocenters. The van der Waals surface area contributed by atoms with Gasteiger partial charge in [0.25, 0.3) is 0 Å². The van der Waals surface area contributed by atoms with Gasteiger partial charge in [-0.3, -0.25) is 0 Å². The molecular formula is C15H21ClFN. The van der Waals surface area contributed by atoms with E-state index in [0.29, 0.717) is 5.02 Å². The van der Waals surface area contributed by atoms with E-state index in [-0.39, 0.29) is 11.2 Å². The van der Waals surface area contributed by atoms with E-state index in [1.54, 1.807) is 12.1 Å². The van der Waals surface area contributed by atoms with Crippen LogP contribution < -0.4 is 5.32 Å². The van der Waals surface area contributed by atoms with E-state index in [9.17, 15) is 4.39 Å². The molecule has 1 aliphatic carbocycles. The molecule has 1 aromatic rings. The molecule has 1 aliphatic rings. The molecule has 1 saturated carbocycles. The lowest BCUT2D eigenvalue weighted by molar-refractivity contribution is 0.185. The van der Waals surface area contributed by atoms with Crippen molar-refractivity contribution in [1.82, 2.24) is 5.32 Å². The molecule has 0 atom stereocenters. The van der Waals surface area contributed by atoms with E-state index in [4.69, 9.17) is 11.6 Å². The van der Waals surface area contributed by atoms with Gasteiger partial charge < -0.3 is 5.32 Å². The Balaban J connectivity index is 2.19. The monoisotopic (exact) mass is 269 g/mol. The molecule has 1 nitrogen and oxygen atoms in total. The highest BCUT2D eigenvalue weighted by Gasteiger charge is 2.32. The minimum atomic E-state index is -0.190. The first-order valence-corrected chi connectivity index (χ1v) is 7.12. The molecule has 0 radical (unpaired) electrons. The highest BCUT2D eigenvalue weighted by Crippen LogP contribution is 2.40. The van der Waals surface area contributed by atoms with E-state index in [0.717, 1.165) is 18.5 Å². The molecule has 100 valence electrons. The Labute approximate surface area is 114 Å². The van der Waals surface area contributed by atoms with Gasteiger partial charge in [0, 0.05) is 11.6 Å². The van der Waals surface area contributed by atoms with Crippen LogP contribution in [0, 0.1) is 11.2 Å². The van der Waals surface area contributed by atoms with Crippen molar-refractivity contribution in [3.8, 4) is 0 Å². The van der Waals surface area contributed by atoms with Crippen molar-refractivity contribution in [2.75, 3.05) is 13.6 Å². The summed E-state index contributed by atoms with van der Waals surface area (Å²) in [6.45, 7) is 0.986. The lowest BCUT2D eigenvalue weighted by Gasteiger charge is -2.37. The third-order valence-electron chi connectivity index (χ3n) is 4.04. The van der Waals surface area contributed by atoms with Crippen molar-refractivity contribution in [2.45, 2.75) is 38.5 Å². The molecule has 1 aromatic carbocycles. The summed E-state index contributed by atoms with van der Waals surface area (Å²) in [5.74, 6) is -0.190. The van der Waals surface area contributed by atoms with Crippen LogP contribution in [-0.4, -0.2) is 13.6 Å². The molecule has 0 heterocycles. The number of halogens is 2. The van der Waals surface area contributed by atoms with Crippen molar-refractivity contribution in [3.05, 3.63) is 34.6 Å². The summed E-state index contributed by atoms with van der Waals surface area (Å²) in [6, 6.07) is 4.69. The van der Waals surface area contributed by atoms with Gasteiger partial charge in [-0.15, -0.1) is 0 Å². The van der Waals surface area contributed by atoms with Crippen LogP contribution in [0.25, 0.3) is 0 Å². The van der Waals surface area contributed by atoms with Crippen LogP contribution in [0.5, 0.6) is 0 Å². The van der Waals surface area contributed by atoms with Gasteiger partial charge >= 0.3 is 0 Å². The fourth-order valence-corrected chi connectivity index (χ4v) is 3.36. The van der Waals surface area contributed by atoms with E-state index >= 15 is 0 Å². The van der Waals surface area contributed by atoms with Gasteiger partial charge in [-0.1, -0.05) is 30.9 Å². The van der Waals surface area contributed by atoms with Crippen LogP contribution in [-0.2, 0) is 6.42 Å². The van der Waals surface area contributed by atoms with Gasteiger partial charge in [0.05, 0.1) is 0 Å². The predicted octanol–water partition coefficient (Wildman–Crippen LogP) is 4.19. The molecule has 0 aliphatic heterocycles. The maximum Gasteiger partial charge on any atom is 0.123 e. The van der Waals surface area contributed by atoms with Crippen molar-refractivity contribution in [2.24, 2.45) is 5.41 Å². The van der Waals surface area contributed by atoms with Crippen molar-refractivity contribution < 1.29 is 4.39 Å². The molecule has 1 fully saturated rings. The summed E-state index contributed by atoms with van der Waals surface area (Å²) in [5, 5.41) is 3.99. The lowest BCUT2D eigenvalue weighted by Crippen LogP contribution is -2.36. The number of rotatable bonds is 4. The second-order valence-electron chi connectivity index (χ2n) is 5.50. The van der Waals surface area contributed by atoms with Crippen LogP contribution in [0.4, 0.5) is 4.39 Å². The second-order valence-corrected chi connectivity index (χ2v) is 5.91. The molecule has 0 saturated heterocycles. The molecule has 2 rings (SSSR count). The average Bonchev–Trinajstić information content (AvgIpc) is 2.35. The summed E-state index contributed by atoms with van der Waals surface area (Å²) >= 11 is 6.19. The normalized spacial score (nSPS) is 18.8. The number of benzene rings is 1. The Morgan fingerprint density at radius 3 is 2.67 bits per heavy atom.